The van der Waals surface area contributed by atoms with Crippen molar-refractivity contribution in [2.75, 3.05) is 39.9 Å². The van der Waals surface area contributed by atoms with Crippen LogP contribution < -0.4 is 5.32 Å². The molecule has 0 spiro atoms. The number of benzene rings is 1. The molecule has 0 radical (unpaired) electrons. The molecule has 1 atom stereocenters. The molecule has 0 unspecified atom stereocenters. The normalized spacial score (nSPS) is 23.0. The quantitative estimate of drug-likeness (QED) is 0.838. The van der Waals surface area contributed by atoms with Gasteiger partial charge in [0.2, 0.25) is 5.91 Å². The number of carbonyl (C=O) groups is 1. The predicted octanol–water partition coefficient (Wildman–Crippen LogP) is 2.11. The Labute approximate surface area is 139 Å². The second-order valence-corrected chi connectivity index (χ2v) is 7.11. The lowest BCUT2D eigenvalue weighted by atomic mass is 9.93. The summed E-state index contributed by atoms with van der Waals surface area (Å²) in [4.78, 5) is 15.1. The van der Waals surface area contributed by atoms with Gasteiger partial charge in [-0.15, -0.1) is 0 Å². The topological polar surface area (TPSA) is 41.6 Å². The molecule has 2 aliphatic rings. The Kier molecular flexibility index (Phi) is 5.02. The van der Waals surface area contributed by atoms with Crippen molar-refractivity contribution in [3.05, 3.63) is 35.4 Å². The summed E-state index contributed by atoms with van der Waals surface area (Å²) in [6.45, 7) is 6.86. The number of nitrogens with one attached hydrogen (secondary N) is 1. The Balaban J connectivity index is 1.50. The maximum Gasteiger partial charge on any atom is 0.230 e. The second-order valence-electron chi connectivity index (χ2n) is 7.11. The first-order valence-corrected chi connectivity index (χ1v) is 8.71. The van der Waals surface area contributed by atoms with Crippen molar-refractivity contribution < 1.29 is 9.53 Å². The highest BCUT2D eigenvalue weighted by Crippen LogP contribution is 2.48. The van der Waals surface area contributed by atoms with Gasteiger partial charge in [-0.05, 0) is 44.2 Å². The molecule has 1 saturated carbocycles. The molecular weight excluding hydrogens is 288 g/mol. The Morgan fingerprint density at radius 3 is 2.96 bits per heavy atom. The Hall–Kier alpha value is -1.39. The van der Waals surface area contributed by atoms with Crippen molar-refractivity contribution in [2.45, 2.75) is 31.6 Å². The summed E-state index contributed by atoms with van der Waals surface area (Å²) in [5.41, 5.74) is 2.16. The molecule has 1 saturated heterocycles. The van der Waals surface area contributed by atoms with Crippen LogP contribution in [0.1, 0.15) is 30.4 Å². The van der Waals surface area contributed by atoms with Crippen LogP contribution in [0.25, 0.3) is 0 Å². The number of nitrogens with zero attached hydrogens (tertiary/aromatic N) is 1. The standard InChI is InChI=1S/C19H28N2O2/c1-15-4-3-5-17(12-15)19(7-8-19)18(22)20-13-16-6-9-21(14-16)10-11-23-2/h3-5,12,16H,6-11,13-14H2,1-2H3,(H,20,22)/t16-/m0/s1. The summed E-state index contributed by atoms with van der Waals surface area (Å²) in [6.07, 6.45) is 3.13. The fourth-order valence-electron chi connectivity index (χ4n) is 3.62. The van der Waals surface area contributed by atoms with Crippen LogP contribution in [0.5, 0.6) is 0 Å². The van der Waals surface area contributed by atoms with E-state index in [0.29, 0.717) is 5.92 Å². The Bertz CT molecular complexity index is 554. The van der Waals surface area contributed by atoms with Crippen LogP contribution in [-0.4, -0.2) is 50.7 Å². The number of ether oxygens (including phenoxy) is 1. The largest absolute Gasteiger partial charge is 0.383 e. The summed E-state index contributed by atoms with van der Waals surface area (Å²) >= 11 is 0. The average Bonchev–Trinajstić information content (AvgIpc) is 3.25. The maximum absolute atomic E-state index is 12.7. The predicted molar refractivity (Wildman–Crippen MR) is 91.5 cm³/mol. The smallest absolute Gasteiger partial charge is 0.230 e. The third kappa shape index (κ3) is 3.75. The molecule has 4 nitrogen and oxygen atoms in total. The minimum absolute atomic E-state index is 0.221. The van der Waals surface area contributed by atoms with Crippen LogP contribution in [0.15, 0.2) is 24.3 Å². The van der Waals surface area contributed by atoms with Crippen LogP contribution in [0.2, 0.25) is 0 Å². The summed E-state index contributed by atoms with van der Waals surface area (Å²) in [5, 5.41) is 3.23. The van der Waals surface area contributed by atoms with Gasteiger partial charge in [-0.2, -0.15) is 0 Å². The van der Waals surface area contributed by atoms with Gasteiger partial charge in [0.05, 0.1) is 12.0 Å². The van der Waals surface area contributed by atoms with E-state index in [1.807, 2.05) is 0 Å². The van der Waals surface area contributed by atoms with Crippen molar-refractivity contribution in [1.29, 1.82) is 0 Å². The Morgan fingerprint density at radius 2 is 2.26 bits per heavy atom. The van der Waals surface area contributed by atoms with E-state index in [-0.39, 0.29) is 11.3 Å². The molecule has 3 rings (SSSR count). The molecule has 1 heterocycles. The highest BCUT2D eigenvalue weighted by atomic mass is 16.5. The molecular formula is C19H28N2O2. The van der Waals surface area contributed by atoms with Crippen LogP contribution in [-0.2, 0) is 14.9 Å². The summed E-state index contributed by atoms with van der Waals surface area (Å²) in [6, 6.07) is 8.41. The van der Waals surface area contributed by atoms with E-state index in [1.165, 1.54) is 17.5 Å². The summed E-state index contributed by atoms with van der Waals surface area (Å²) in [5.74, 6) is 0.794. The van der Waals surface area contributed by atoms with Crippen molar-refractivity contribution in [3.8, 4) is 0 Å². The first-order valence-electron chi connectivity index (χ1n) is 8.71. The molecule has 1 aliphatic heterocycles. The molecule has 0 bridgehead atoms. The van der Waals surface area contributed by atoms with E-state index >= 15 is 0 Å². The van der Waals surface area contributed by atoms with Crippen LogP contribution in [0.4, 0.5) is 0 Å². The van der Waals surface area contributed by atoms with Crippen molar-refractivity contribution in [1.82, 2.24) is 10.2 Å². The third-order valence-electron chi connectivity index (χ3n) is 5.29. The van der Waals surface area contributed by atoms with Crippen molar-refractivity contribution in [3.63, 3.8) is 0 Å². The van der Waals surface area contributed by atoms with Crippen molar-refractivity contribution >= 4 is 5.91 Å². The molecule has 23 heavy (non-hydrogen) atoms. The number of hydrogen-bond donors (Lipinski definition) is 1. The first-order chi connectivity index (χ1) is 11.1. The van der Waals surface area contributed by atoms with Gasteiger partial charge in [0.15, 0.2) is 0 Å². The number of likely N-dealkylation sites (tertiary alicyclic amines) is 1. The fourth-order valence-corrected chi connectivity index (χ4v) is 3.62. The second kappa shape index (κ2) is 7.02. The molecule has 0 aromatic heterocycles. The minimum Gasteiger partial charge on any atom is -0.383 e. The third-order valence-corrected chi connectivity index (χ3v) is 5.29. The minimum atomic E-state index is -0.250. The van der Waals surface area contributed by atoms with Gasteiger partial charge in [-0.25, -0.2) is 0 Å². The molecule has 126 valence electrons. The molecule has 2 fully saturated rings. The van der Waals surface area contributed by atoms with Crippen LogP contribution >= 0.6 is 0 Å². The highest BCUT2D eigenvalue weighted by Gasteiger charge is 2.51. The molecule has 1 N–H and O–H groups in total. The lowest BCUT2D eigenvalue weighted by molar-refractivity contribution is -0.123. The zero-order valence-electron chi connectivity index (χ0n) is 14.3. The van der Waals surface area contributed by atoms with E-state index in [1.54, 1.807) is 7.11 Å². The zero-order valence-corrected chi connectivity index (χ0v) is 14.3. The van der Waals surface area contributed by atoms with Gasteiger partial charge in [0.25, 0.3) is 0 Å². The summed E-state index contributed by atoms with van der Waals surface area (Å²) < 4.78 is 5.14. The lowest BCUT2D eigenvalue weighted by Gasteiger charge is -2.19. The number of aryl methyl sites for hydroxylation is 1. The number of carbonyl (C=O) groups excluding carboxylic acids is 1. The van der Waals surface area contributed by atoms with Gasteiger partial charge < -0.3 is 15.0 Å². The Morgan fingerprint density at radius 1 is 1.43 bits per heavy atom. The van der Waals surface area contributed by atoms with Gasteiger partial charge >= 0.3 is 0 Å². The number of hydrogen-bond acceptors (Lipinski definition) is 3. The van der Waals surface area contributed by atoms with E-state index in [4.69, 9.17) is 4.74 Å². The van der Waals surface area contributed by atoms with Gasteiger partial charge in [0, 0.05) is 26.7 Å². The first kappa shape index (κ1) is 16.5. The van der Waals surface area contributed by atoms with Crippen LogP contribution in [0.3, 0.4) is 0 Å². The van der Waals surface area contributed by atoms with Gasteiger partial charge in [-0.1, -0.05) is 29.8 Å². The average molecular weight is 316 g/mol. The van der Waals surface area contributed by atoms with Crippen LogP contribution in [0, 0.1) is 12.8 Å². The molecule has 4 heteroatoms. The molecule has 1 aromatic carbocycles. The zero-order chi connectivity index (χ0) is 16.3. The highest BCUT2D eigenvalue weighted by molar-refractivity contribution is 5.91. The fraction of sp³-hybridized carbons (Fsp3) is 0.632. The van der Waals surface area contributed by atoms with Crippen molar-refractivity contribution in [2.24, 2.45) is 5.92 Å². The number of amides is 1. The van der Waals surface area contributed by atoms with E-state index in [9.17, 15) is 4.79 Å². The number of rotatable bonds is 7. The molecule has 1 aliphatic carbocycles. The van der Waals surface area contributed by atoms with E-state index in [0.717, 1.165) is 45.6 Å². The molecule has 1 aromatic rings. The van der Waals surface area contributed by atoms with Gasteiger partial charge in [-0.3, -0.25) is 4.79 Å². The van der Waals surface area contributed by atoms with E-state index in [2.05, 4.69) is 41.4 Å². The van der Waals surface area contributed by atoms with E-state index < -0.39 is 0 Å². The SMILES string of the molecule is COCCN1CC[C@@H](CNC(=O)C2(c3cccc(C)c3)CC2)C1. The maximum atomic E-state index is 12.7. The monoisotopic (exact) mass is 316 g/mol. The molecule has 1 amide bonds. The van der Waals surface area contributed by atoms with Gasteiger partial charge in [0.1, 0.15) is 0 Å². The lowest BCUT2D eigenvalue weighted by Crippen LogP contribution is -2.38. The summed E-state index contributed by atoms with van der Waals surface area (Å²) in [7, 11) is 1.74. The number of methoxy groups -OCH3 is 1.